The standard InChI is InChI=1S/C13H21NO/c1-3-14-11-12(2)15-10-9-13-7-5-4-6-8-13/h4-8,12,14H,3,9-11H2,1-2H3. The average Bonchev–Trinajstić information content (AvgIpc) is 2.28. The van der Waals surface area contributed by atoms with E-state index in [1.165, 1.54) is 5.56 Å². The van der Waals surface area contributed by atoms with Crippen molar-refractivity contribution in [2.24, 2.45) is 0 Å². The lowest BCUT2D eigenvalue weighted by Crippen LogP contribution is -2.27. The maximum absolute atomic E-state index is 5.69. The summed E-state index contributed by atoms with van der Waals surface area (Å²) in [5.74, 6) is 0. The number of ether oxygens (including phenoxy) is 1. The van der Waals surface area contributed by atoms with Gasteiger partial charge in [-0.1, -0.05) is 37.3 Å². The molecule has 0 aliphatic carbocycles. The lowest BCUT2D eigenvalue weighted by atomic mass is 10.2. The Morgan fingerprint density at radius 3 is 2.67 bits per heavy atom. The van der Waals surface area contributed by atoms with Gasteiger partial charge in [0, 0.05) is 6.54 Å². The molecule has 1 rings (SSSR count). The molecule has 2 nitrogen and oxygen atoms in total. The predicted molar refractivity (Wildman–Crippen MR) is 64.1 cm³/mol. The number of benzene rings is 1. The molecule has 0 aromatic heterocycles. The molecule has 0 fully saturated rings. The van der Waals surface area contributed by atoms with Crippen LogP contribution in [0.4, 0.5) is 0 Å². The van der Waals surface area contributed by atoms with Gasteiger partial charge < -0.3 is 10.1 Å². The molecule has 2 heteroatoms. The van der Waals surface area contributed by atoms with Crippen LogP contribution < -0.4 is 5.32 Å². The molecule has 0 amide bonds. The minimum absolute atomic E-state index is 0.300. The molecule has 0 bridgehead atoms. The molecular formula is C13H21NO. The van der Waals surface area contributed by atoms with E-state index in [4.69, 9.17) is 4.74 Å². The molecule has 84 valence electrons. The van der Waals surface area contributed by atoms with Crippen molar-refractivity contribution >= 4 is 0 Å². The number of likely N-dealkylation sites (N-methyl/N-ethyl adjacent to an activating group) is 1. The van der Waals surface area contributed by atoms with Gasteiger partial charge in [0.15, 0.2) is 0 Å². The summed E-state index contributed by atoms with van der Waals surface area (Å²) in [6, 6.07) is 10.4. The van der Waals surface area contributed by atoms with Crippen LogP contribution in [-0.2, 0) is 11.2 Å². The Balaban J connectivity index is 2.11. The minimum atomic E-state index is 0.300. The molecule has 0 radical (unpaired) electrons. The maximum Gasteiger partial charge on any atom is 0.0671 e. The van der Waals surface area contributed by atoms with Gasteiger partial charge in [0.1, 0.15) is 0 Å². The second-order valence-corrected chi connectivity index (χ2v) is 3.72. The van der Waals surface area contributed by atoms with Crippen molar-refractivity contribution in [3.05, 3.63) is 35.9 Å². The second kappa shape index (κ2) is 7.43. The first-order chi connectivity index (χ1) is 7.33. The van der Waals surface area contributed by atoms with Gasteiger partial charge in [0.25, 0.3) is 0 Å². The Morgan fingerprint density at radius 2 is 2.00 bits per heavy atom. The van der Waals surface area contributed by atoms with Gasteiger partial charge in [-0.2, -0.15) is 0 Å². The van der Waals surface area contributed by atoms with Gasteiger partial charge in [-0.3, -0.25) is 0 Å². The largest absolute Gasteiger partial charge is 0.377 e. The van der Waals surface area contributed by atoms with Crippen LogP contribution in [-0.4, -0.2) is 25.8 Å². The molecule has 0 aliphatic heterocycles. The van der Waals surface area contributed by atoms with Crippen LogP contribution in [0, 0.1) is 0 Å². The predicted octanol–water partition coefficient (Wildman–Crippen LogP) is 2.24. The molecule has 1 atom stereocenters. The third-order valence-electron chi connectivity index (χ3n) is 2.32. The molecule has 15 heavy (non-hydrogen) atoms. The average molecular weight is 207 g/mol. The first-order valence-corrected chi connectivity index (χ1v) is 5.69. The van der Waals surface area contributed by atoms with Crippen LogP contribution in [0.5, 0.6) is 0 Å². The first-order valence-electron chi connectivity index (χ1n) is 5.69. The molecule has 1 aromatic rings. The highest BCUT2D eigenvalue weighted by Gasteiger charge is 2.00. The maximum atomic E-state index is 5.69. The highest BCUT2D eigenvalue weighted by Crippen LogP contribution is 2.00. The van der Waals surface area contributed by atoms with E-state index in [1.54, 1.807) is 0 Å². The SMILES string of the molecule is CCNCC(C)OCCc1ccccc1. The van der Waals surface area contributed by atoms with Crippen LogP contribution >= 0.6 is 0 Å². The lowest BCUT2D eigenvalue weighted by molar-refractivity contribution is 0.0686. The quantitative estimate of drug-likeness (QED) is 0.740. The Kier molecular flexibility index (Phi) is 6.05. The van der Waals surface area contributed by atoms with Gasteiger partial charge in [-0.05, 0) is 25.5 Å². The minimum Gasteiger partial charge on any atom is -0.377 e. The number of nitrogens with one attached hydrogen (secondary N) is 1. The van der Waals surface area contributed by atoms with Crippen molar-refractivity contribution in [1.29, 1.82) is 0 Å². The smallest absolute Gasteiger partial charge is 0.0671 e. The summed E-state index contributed by atoms with van der Waals surface area (Å²) in [7, 11) is 0. The second-order valence-electron chi connectivity index (χ2n) is 3.72. The molecule has 0 spiro atoms. The van der Waals surface area contributed by atoms with Crippen molar-refractivity contribution in [1.82, 2.24) is 5.32 Å². The lowest BCUT2D eigenvalue weighted by Gasteiger charge is -2.13. The van der Waals surface area contributed by atoms with E-state index >= 15 is 0 Å². The number of hydrogen-bond acceptors (Lipinski definition) is 2. The summed E-state index contributed by atoms with van der Waals surface area (Å²) in [6.45, 7) is 6.96. The van der Waals surface area contributed by atoms with Crippen molar-refractivity contribution in [3.63, 3.8) is 0 Å². The Morgan fingerprint density at radius 1 is 1.27 bits per heavy atom. The Hall–Kier alpha value is -0.860. The van der Waals surface area contributed by atoms with Gasteiger partial charge >= 0.3 is 0 Å². The van der Waals surface area contributed by atoms with Gasteiger partial charge in [-0.25, -0.2) is 0 Å². The molecule has 0 heterocycles. The van der Waals surface area contributed by atoms with Crippen LogP contribution in [0.15, 0.2) is 30.3 Å². The van der Waals surface area contributed by atoms with E-state index < -0.39 is 0 Å². The van der Waals surface area contributed by atoms with E-state index in [-0.39, 0.29) is 0 Å². The van der Waals surface area contributed by atoms with Crippen LogP contribution in [0.1, 0.15) is 19.4 Å². The highest BCUT2D eigenvalue weighted by atomic mass is 16.5. The van der Waals surface area contributed by atoms with Crippen LogP contribution in [0.3, 0.4) is 0 Å². The topological polar surface area (TPSA) is 21.3 Å². The van der Waals surface area contributed by atoms with Gasteiger partial charge in [-0.15, -0.1) is 0 Å². The van der Waals surface area contributed by atoms with E-state index in [2.05, 4.69) is 43.4 Å². The van der Waals surface area contributed by atoms with Crippen molar-refractivity contribution in [2.75, 3.05) is 19.7 Å². The summed E-state index contributed by atoms with van der Waals surface area (Å²) in [5, 5.41) is 3.27. The molecule has 0 saturated heterocycles. The van der Waals surface area contributed by atoms with Crippen LogP contribution in [0.25, 0.3) is 0 Å². The summed E-state index contributed by atoms with van der Waals surface area (Å²) >= 11 is 0. The summed E-state index contributed by atoms with van der Waals surface area (Å²) in [4.78, 5) is 0. The molecular weight excluding hydrogens is 186 g/mol. The molecule has 0 aliphatic rings. The number of hydrogen-bond donors (Lipinski definition) is 1. The van der Waals surface area contributed by atoms with E-state index in [1.807, 2.05) is 6.07 Å². The molecule has 0 saturated carbocycles. The fourth-order valence-electron chi connectivity index (χ4n) is 1.43. The normalized spacial score (nSPS) is 12.7. The van der Waals surface area contributed by atoms with Crippen molar-refractivity contribution in [3.8, 4) is 0 Å². The third kappa shape index (κ3) is 5.55. The fraction of sp³-hybridized carbons (Fsp3) is 0.538. The summed E-state index contributed by atoms with van der Waals surface area (Å²) in [5.41, 5.74) is 1.34. The first kappa shape index (κ1) is 12.2. The zero-order chi connectivity index (χ0) is 10.9. The van der Waals surface area contributed by atoms with Gasteiger partial charge in [0.05, 0.1) is 12.7 Å². The van der Waals surface area contributed by atoms with E-state index in [9.17, 15) is 0 Å². The summed E-state index contributed by atoms with van der Waals surface area (Å²) in [6.07, 6.45) is 1.30. The monoisotopic (exact) mass is 207 g/mol. The zero-order valence-electron chi connectivity index (χ0n) is 9.70. The Labute approximate surface area is 92.6 Å². The molecule has 1 aromatic carbocycles. The number of rotatable bonds is 7. The third-order valence-corrected chi connectivity index (χ3v) is 2.32. The van der Waals surface area contributed by atoms with Gasteiger partial charge in [0.2, 0.25) is 0 Å². The summed E-state index contributed by atoms with van der Waals surface area (Å²) < 4.78 is 5.69. The molecule has 1 unspecified atom stereocenters. The van der Waals surface area contributed by atoms with E-state index in [0.29, 0.717) is 6.10 Å². The highest BCUT2D eigenvalue weighted by molar-refractivity contribution is 5.14. The van der Waals surface area contributed by atoms with Crippen molar-refractivity contribution in [2.45, 2.75) is 26.4 Å². The van der Waals surface area contributed by atoms with E-state index in [0.717, 1.165) is 26.1 Å². The zero-order valence-corrected chi connectivity index (χ0v) is 9.70. The van der Waals surface area contributed by atoms with Crippen LogP contribution in [0.2, 0.25) is 0 Å². The fourth-order valence-corrected chi connectivity index (χ4v) is 1.43. The van der Waals surface area contributed by atoms with Crippen molar-refractivity contribution < 1.29 is 4.74 Å². The Bertz CT molecular complexity index is 248. The molecule has 1 N–H and O–H groups in total.